The molecular weight excluding hydrogens is 677 g/mol. The molecule has 0 spiro atoms. The Hall–Kier alpha value is -6.12. The standard InChI is InChI=1S/C54H52N2/c1-7-37(3)47-25-13-17-39(5)53(47)55(51-27-15-21-43-19-9-11-23-49(43)51)45-33-29-41(30-34-45)42-31-35-46(36-32-42)56(52-28-16-22-44-20-10-12-24-50(44)52)54-40(6)18-14-26-48(54)38(4)8-2/h9-38H,7-8H2,1-6H3. The fourth-order valence-corrected chi connectivity index (χ4v) is 8.40. The summed E-state index contributed by atoms with van der Waals surface area (Å²) in [6, 6.07) is 62.7. The molecule has 0 aliphatic rings. The lowest BCUT2D eigenvalue weighted by atomic mass is 9.92. The maximum absolute atomic E-state index is 2.49. The Bertz CT molecular complexity index is 2420. The minimum atomic E-state index is 0.426. The summed E-state index contributed by atoms with van der Waals surface area (Å²) in [4.78, 5) is 4.98. The van der Waals surface area contributed by atoms with E-state index in [9.17, 15) is 0 Å². The molecule has 2 heteroatoms. The van der Waals surface area contributed by atoms with Crippen LogP contribution in [0.4, 0.5) is 34.1 Å². The normalized spacial score (nSPS) is 12.5. The maximum Gasteiger partial charge on any atom is 0.0540 e. The topological polar surface area (TPSA) is 6.48 Å². The van der Waals surface area contributed by atoms with E-state index in [1.54, 1.807) is 0 Å². The van der Waals surface area contributed by atoms with Crippen molar-refractivity contribution < 1.29 is 0 Å². The van der Waals surface area contributed by atoms with Crippen molar-refractivity contribution in [3.8, 4) is 11.1 Å². The molecule has 0 N–H and O–H groups in total. The number of rotatable bonds is 11. The van der Waals surface area contributed by atoms with E-state index in [0.717, 1.165) is 24.2 Å². The van der Waals surface area contributed by atoms with Crippen molar-refractivity contribution in [1.82, 2.24) is 0 Å². The first kappa shape index (κ1) is 36.8. The van der Waals surface area contributed by atoms with Crippen molar-refractivity contribution in [3.63, 3.8) is 0 Å². The number of hydrogen-bond donors (Lipinski definition) is 0. The number of para-hydroxylation sites is 2. The van der Waals surface area contributed by atoms with Crippen molar-refractivity contribution in [3.05, 3.63) is 192 Å². The Morgan fingerprint density at radius 3 is 1.14 bits per heavy atom. The first-order valence-electron chi connectivity index (χ1n) is 20.3. The molecule has 0 heterocycles. The third-order valence-corrected chi connectivity index (χ3v) is 11.9. The van der Waals surface area contributed by atoms with Crippen molar-refractivity contribution in [2.24, 2.45) is 0 Å². The summed E-state index contributed by atoms with van der Waals surface area (Å²) in [7, 11) is 0. The van der Waals surface area contributed by atoms with Gasteiger partial charge >= 0.3 is 0 Å². The molecule has 8 aromatic carbocycles. The fraction of sp³-hybridized carbons (Fsp3) is 0.185. The van der Waals surface area contributed by atoms with Crippen LogP contribution in [0.15, 0.2) is 170 Å². The van der Waals surface area contributed by atoms with Gasteiger partial charge in [0, 0.05) is 22.1 Å². The number of fused-ring (bicyclic) bond motifs is 2. The highest BCUT2D eigenvalue weighted by Gasteiger charge is 2.24. The van der Waals surface area contributed by atoms with Crippen molar-refractivity contribution in [2.75, 3.05) is 9.80 Å². The predicted octanol–water partition coefficient (Wildman–Crippen LogP) is 16.2. The summed E-state index contributed by atoms with van der Waals surface area (Å²) in [5.74, 6) is 0.851. The van der Waals surface area contributed by atoms with Crippen LogP contribution < -0.4 is 9.80 Å². The lowest BCUT2D eigenvalue weighted by Gasteiger charge is -2.32. The monoisotopic (exact) mass is 728 g/mol. The summed E-state index contributed by atoms with van der Waals surface area (Å²) >= 11 is 0. The Balaban J connectivity index is 1.23. The highest BCUT2D eigenvalue weighted by Crippen LogP contribution is 2.46. The Kier molecular flexibility index (Phi) is 10.5. The van der Waals surface area contributed by atoms with E-state index in [0.29, 0.717) is 11.8 Å². The molecule has 0 amide bonds. The van der Waals surface area contributed by atoms with Crippen LogP contribution >= 0.6 is 0 Å². The summed E-state index contributed by atoms with van der Waals surface area (Å²) < 4.78 is 0. The van der Waals surface area contributed by atoms with E-state index in [1.807, 2.05) is 0 Å². The van der Waals surface area contributed by atoms with Crippen LogP contribution in [0.1, 0.15) is 74.6 Å². The Morgan fingerprint density at radius 2 is 0.750 bits per heavy atom. The zero-order chi connectivity index (χ0) is 38.8. The highest BCUT2D eigenvalue weighted by atomic mass is 15.2. The van der Waals surface area contributed by atoms with Gasteiger partial charge in [-0.05, 0) is 119 Å². The van der Waals surface area contributed by atoms with E-state index in [1.165, 1.54) is 77.7 Å². The molecule has 2 unspecified atom stereocenters. The van der Waals surface area contributed by atoms with Crippen LogP contribution in [-0.4, -0.2) is 0 Å². The molecule has 0 saturated heterocycles. The quantitative estimate of drug-likeness (QED) is 0.131. The van der Waals surface area contributed by atoms with Gasteiger partial charge in [-0.15, -0.1) is 0 Å². The number of hydrogen-bond acceptors (Lipinski definition) is 2. The third kappa shape index (κ3) is 6.86. The molecule has 0 radical (unpaired) electrons. The lowest BCUT2D eigenvalue weighted by Crippen LogP contribution is -2.15. The molecule has 0 aliphatic carbocycles. The third-order valence-electron chi connectivity index (χ3n) is 11.9. The summed E-state index contributed by atoms with van der Waals surface area (Å²) in [6.07, 6.45) is 2.16. The average molecular weight is 729 g/mol. The highest BCUT2D eigenvalue weighted by molar-refractivity contribution is 6.01. The summed E-state index contributed by atoms with van der Waals surface area (Å²) in [6.45, 7) is 13.8. The van der Waals surface area contributed by atoms with Crippen LogP contribution in [0, 0.1) is 13.8 Å². The number of anilines is 6. The van der Waals surface area contributed by atoms with Crippen LogP contribution in [0.25, 0.3) is 32.7 Å². The van der Waals surface area contributed by atoms with Gasteiger partial charge in [-0.1, -0.05) is 161 Å². The Morgan fingerprint density at radius 1 is 0.393 bits per heavy atom. The van der Waals surface area contributed by atoms with Gasteiger partial charge in [0.1, 0.15) is 0 Å². The van der Waals surface area contributed by atoms with Gasteiger partial charge in [-0.25, -0.2) is 0 Å². The maximum atomic E-state index is 2.49. The van der Waals surface area contributed by atoms with E-state index >= 15 is 0 Å². The molecule has 278 valence electrons. The number of benzene rings is 8. The zero-order valence-electron chi connectivity index (χ0n) is 33.6. The second kappa shape index (κ2) is 15.9. The van der Waals surface area contributed by atoms with Crippen LogP contribution in [0.3, 0.4) is 0 Å². The van der Waals surface area contributed by atoms with Gasteiger partial charge < -0.3 is 9.80 Å². The SMILES string of the molecule is CCC(C)c1cccc(C)c1N(c1ccc(-c2ccc(N(c3c(C)cccc3C(C)CC)c3cccc4ccccc34)cc2)cc1)c1cccc2ccccc12. The zero-order valence-corrected chi connectivity index (χ0v) is 33.6. The van der Waals surface area contributed by atoms with Crippen LogP contribution in [0.5, 0.6) is 0 Å². The minimum absolute atomic E-state index is 0.426. The molecule has 0 aliphatic heterocycles. The second-order valence-electron chi connectivity index (χ2n) is 15.4. The summed E-state index contributed by atoms with van der Waals surface area (Å²) in [5, 5.41) is 4.97. The van der Waals surface area contributed by atoms with Gasteiger partial charge in [0.25, 0.3) is 0 Å². The molecule has 56 heavy (non-hydrogen) atoms. The smallest absolute Gasteiger partial charge is 0.0540 e. The average Bonchev–Trinajstić information content (AvgIpc) is 3.25. The van der Waals surface area contributed by atoms with Crippen LogP contribution in [0.2, 0.25) is 0 Å². The molecule has 2 nitrogen and oxygen atoms in total. The lowest BCUT2D eigenvalue weighted by molar-refractivity contribution is 0.733. The van der Waals surface area contributed by atoms with Gasteiger partial charge in [-0.3, -0.25) is 0 Å². The molecule has 8 aromatic rings. The van der Waals surface area contributed by atoms with Gasteiger partial charge in [0.15, 0.2) is 0 Å². The first-order valence-corrected chi connectivity index (χ1v) is 20.3. The van der Waals surface area contributed by atoms with Crippen molar-refractivity contribution in [1.29, 1.82) is 0 Å². The molecule has 2 atom stereocenters. The number of aryl methyl sites for hydroxylation is 2. The Labute approximate surface area is 333 Å². The van der Waals surface area contributed by atoms with Crippen molar-refractivity contribution in [2.45, 2.75) is 66.2 Å². The second-order valence-corrected chi connectivity index (χ2v) is 15.4. The van der Waals surface area contributed by atoms with Gasteiger partial charge in [0.2, 0.25) is 0 Å². The van der Waals surface area contributed by atoms with Crippen molar-refractivity contribution >= 4 is 55.7 Å². The molecule has 8 rings (SSSR count). The molecule has 0 fully saturated rings. The van der Waals surface area contributed by atoms with Gasteiger partial charge in [0.05, 0.1) is 22.7 Å². The van der Waals surface area contributed by atoms with Crippen LogP contribution in [-0.2, 0) is 0 Å². The van der Waals surface area contributed by atoms with Gasteiger partial charge in [-0.2, -0.15) is 0 Å². The largest absolute Gasteiger partial charge is 0.309 e. The van der Waals surface area contributed by atoms with E-state index < -0.39 is 0 Å². The minimum Gasteiger partial charge on any atom is -0.309 e. The first-order chi connectivity index (χ1) is 27.4. The molecule has 0 saturated carbocycles. The molecule has 0 aromatic heterocycles. The molecule has 0 bridgehead atoms. The van der Waals surface area contributed by atoms with E-state index in [2.05, 4.69) is 221 Å². The molecular formula is C54H52N2. The number of nitrogens with zero attached hydrogens (tertiary/aromatic N) is 2. The predicted molar refractivity (Wildman–Crippen MR) is 243 cm³/mol. The van der Waals surface area contributed by atoms with E-state index in [4.69, 9.17) is 0 Å². The van der Waals surface area contributed by atoms with E-state index in [-0.39, 0.29) is 0 Å². The summed E-state index contributed by atoms with van der Waals surface area (Å²) in [5.41, 5.74) is 14.9. The fourth-order valence-electron chi connectivity index (χ4n) is 8.40.